The molecule has 0 aliphatic carbocycles. The Labute approximate surface area is 124 Å². The fraction of sp³-hybridized carbons (Fsp3) is 0.714. The molecule has 3 amide bonds. The second kappa shape index (κ2) is 6.57. The molecule has 0 aromatic heterocycles. The Morgan fingerprint density at radius 3 is 2.90 bits per heavy atom. The van der Waals surface area contributed by atoms with Crippen LogP contribution in [0.1, 0.15) is 25.7 Å². The molecule has 2 aliphatic rings. The zero-order valence-corrected chi connectivity index (χ0v) is 12.2. The van der Waals surface area contributed by atoms with Crippen LogP contribution in [0.5, 0.6) is 0 Å². The summed E-state index contributed by atoms with van der Waals surface area (Å²) in [6.07, 6.45) is 2.81. The molecule has 0 radical (unpaired) electrons. The van der Waals surface area contributed by atoms with Gasteiger partial charge in [-0.25, -0.2) is 0 Å². The molecule has 7 nitrogen and oxygen atoms in total. The van der Waals surface area contributed by atoms with Crippen LogP contribution in [0.15, 0.2) is 0 Å². The molecule has 1 unspecified atom stereocenters. The number of likely N-dealkylation sites (N-methyl/N-ethyl adjacent to an activating group) is 1. The number of nitriles is 1. The van der Waals surface area contributed by atoms with Gasteiger partial charge in [-0.15, -0.1) is 0 Å². The molecule has 0 N–H and O–H groups in total. The lowest BCUT2D eigenvalue weighted by Gasteiger charge is -2.42. The molecule has 114 valence electrons. The lowest BCUT2D eigenvalue weighted by molar-refractivity contribution is -0.159. The second-order valence-corrected chi connectivity index (χ2v) is 5.52. The Morgan fingerprint density at radius 2 is 2.19 bits per heavy atom. The molecule has 2 fully saturated rings. The van der Waals surface area contributed by atoms with Crippen molar-refractivity contribution < 1.29 is 14.4 Å². The number of rotatable bonds is 4. The summed E-state index contributed by atoms with van der Waals surface area (Å²) in [5.41, 5.74) is 0. The van der Waals surface area contributed by atoms with Crippen LogP contribution >= 0.6 is 0 Å². The van der Waals surface area contributed by atoms with Crippen molar-refractivity contribution in [1.82, 2.24) is 14.7 Å². The Hall–Kier alpha value is -2.10. The van der Waals surface area contributed by atoms with Gasteiger partial charge in [0.2, 0.25) is 17.7 Å². The molecular formula is C14H20N4O3. The van der Waals surface area contributed by atoms with Crippen LogP contribution < -0.4 is 0 Å². The smallest absolute Gasteiger partial charge is 0.246 e. The molecule has 0 aromatic carbocycles. The SMILES string of the molecule is CN(CCC#N)C(=O)CN1CC(=O)N2CCCCC2C1=O. The number of piperazine rings is 1. The van der Waals surface area contributed by atoms with Gasteiger partial charge in [0.25, 0.3) is 0 Å². The summed E-state index contributed by atoms with van der Waals surface area (Å²) in [4.78, 5) is 40.9. The summed E-state index contributed by atoms with van der Waals surface area (Å²) in [7, 11) is 1.60. The molecule has 21 heavy (non-hydrogen) atoms. The summed E-state index contributed by atoms with van der Waals surface area (Å²) in [5.74, 6) is -0.446. The Morgan fingerprint density at radius 1 is 1.43 bits per heavy atom. The maximum absolute atomic E-state index is 12.4. The largest absolute Gasteiger partial charge is 0.343 e. The van der Waals surface area contributed by atoms with Crippen molar-refractivity contribution in [1.29, 1.82) is 5.26 Å². The number of amides is 3. The highest BCUT2D eigenvalue weighted by molar-refractivity contribution is 5.97. The van der Waals surface area contributed by atoms with Crippen molar-refractivity contribution in [2.45, 2.75) is 31.7 Å². The summed E-state index contributed by atoms with van der Waals surface area (Å²) >= 11 is 0. The van der Waals surface area contributed by atoms with Gasteiger partial charge in [0.05, 0.1) is 12.5 Å². The Kier molecular flexibility index (Phi) is 4.78. The van der Waals surface area contributed by atoms with Crippen molar-refractivity contribution in [3.8, 4) is 6.07 Å². The first-order chi connectivity index (χ1) is 10.0. The van der Waals surface area contributed by atoms with Crippen molar-refractivity contribution in [2.24, 2.45) is 0 Å². The lowest BCUT2D eigenvalue weighted by atomic mass is 9.98. The fourth-order valence-corrected chi connectivity index (χ4v) is 2.79. The molecule has 0 aromatic rings. The average Bonchev–Trinajstić information content (AvgIpc) is 2.49. The van der Waals surface area contributed by atoms with E-state index < -0.39 is 6.04 Å². The molecular weight excluding hydrogens is 272 g/mol. The third-order valence-corrected chi connectivity index (χ3v) is 4.06. The Bertz CT molecular complexity index is 485. The number of nitrogens with zero attached hydrogens (tertiary/aromatic N) is 4. The van der Waals surface area contributed by atoms with Crippen molar-refractivity contribution in [2.75, 3.05) is 33.2 Å². The lowest BCUT2D eigenvalue weighted by Crippen LogP contribution is -2.62. The quantitative estimate of drug-likeness (QED) is 0.704. The molecule has 2 heterocycles. The molecule has 0 bridgehead atoms. The van der Waals surface area contributed by atoms with Gasteiger partial charge in [-0.1, -0.05) is 0 Å². The van der Waals surface area contributed by atoms with Gasteiger partial charge in [0.15, 0.2) is 0 Å². The first-order valence-electron chi connectivity index (χ1n) is 7.23. The third-order valence-electron chi connectivity index (χ3n) is 4.06. The van der Waals surface area contributed by atoms with Crippen LogP contribution in [0.4, 0.5) is 0 Å². The highest BCUT2D eigenvalue weighted by Crippen LogP contribution is 2.22. The molecule has 2 rings (SSSR count). The minimum Gasteiger partial charge on any atom is -0.343 e. The van der Waals surface area contributed by atoms with E-state index in [1.54, 1.807) is 11.9 Å². The molecule has 0 spiro atoms. The van der Waals surface area contributed by atoms with Crippen LogP contribution in [0.3, 0.4) is 0 Å². The normalized spacial score (nSPS) is 21.8. The number of carbonyl (C=O) groups is 3. The van der Waals surface area contributed by atoms with E-state index in [9.17, 15) is 14.4 Å². The monoisotopic (exact) mass is 292 g/mol. The average molecular weight is 292 g/mol. The highest BCUT2D eigenvalue weighted by Gasteiger charge is 2.40. The van der Waals surface area contributed by atoms with Gasteiger partial charge in [0.1, 0.15) is 19.1 Å². The maximum Gasteiger partial charge on any atom is 0.246 e. The molecule has 2 saturated heterocycles. The van der Waals surface area contributed by atoms with E-state index in [0.717, 1.165) is 12.8 Å². The minimum atomic E-state index is -0.391. The van der Waals surface area contributed by atoms with Gasteiger partial charge >= 0.3 is 0 Å². The van der Waals surface area contributed by atoms with Crippen molar-refractivity contribution >= 4 is 17.7 Å². The van der Waals surface area contributed by atoms with E-state index in [0.29, 0.717) is 19.5 Å². The number of hydrogen-bond acceptors (Lipinski definition) is 4. The van der Waals surface area contributed by atoms with Gasteiger partial charge < -0.3 is 14.7 Å². The zero-order chi connectivity index (χ0) is 15.4. The van der Waals surface area contributed by atoms with E-state index in [-0.39, 0.29) is 37.2 Å². The van der Waals surface area contributed by atoms with E-state index in [1.165, 1.54) is 9.80 Å². The third kappa shape index (κ3) is 3.32. The van der Waals surface area contributed by atoms with Gasteiger partial charge in [-0.3, -0.25) is 14.4 Å². The number of carbonyl (C=O) groups excluding carboxylic acids is 3. The summed E-state index contributed by atoms with van der Waals surface area (Å²) in [6, 6.07) is 1.58. The number of fused-ring (bicyclic) bond motifs is 1. The topological polar surface area (TPSA) is 84.7 Å². The Balaban J connectivity index is 1.97. The fourth-order valence-electron chi connectivity index (χ4n) is 2.79. The van der Waals surface area contributed by atoms with Crippen LogP contribution in [-0.2, 0) is 14.4 Å². The van der Waals surface area contributed by atoms with Gasteiger partial charge in [-0.05, 0) is 19.3 Å². The van der Waals surface area contributed by atoms with Gasteiger partial charge in [0, 0.05) is 20.1 Å². The van der Waals surface area contributed by atoms with E-state index in [1.807, 2.05) is 6.07 Å². The van der Waals surface area contributed by atoms with Crippen LogP contribution in [0.2, 0.25) is 0 Å². The first kappa shape index (κ1) is 15.3. The standard InChI is InChI=1S/C14H20N4O3/c1-16(7-4-6-15)12(19)9-17-10-13(20)18-8-3-2-5-11(18)14(17)21/h11H,2-5,7-10H2,1H3. The predicted molar refractivity (Wildman–Crippen MR) is 73.8 cm³/mol. The molecule has 0 saturated carbocycles. The van der Waals surface area contributed by atoms with Crippen molar-refractivity contribution in [3.63, 3.8) is 0 Å². The van der Waals surface area contributed by atoms with Crippen LogP contribution in [0, 0.1) is 11.3 Å². The molecule has 1 atom stereocenters. The van der Waals surface area contributed by atoms with E-state index in [4.69, 9.17) is 5.26 Å². The zero-order valence-electron chi connectivity index (χ0n) is 12.2. The number of piperidine rings is 1. The highest BCUT2D eigenvalue weighted by atomic mass is 16.2. The molecule has 2 aliphatic heterocycles. The summed E-state index contributed by atoms with van der Waals surface area (Å²) in [5, 5.41) is 8.52. The van der Waals surface area contributed by atoms with Gasteiger partial charge in [-0.2, -0.15) is 5.26 Å². The predicted octanol–water partition coefficient (Wildman–Crippen LogP) is -0.418. The molecule has 7 heteroatoms. The van der Waals surface area contributed by atoms with Crippen molar-refractivity contribution in [3.05, 3.63) is 0 Å². The summed E-state index contributed by atoms with van der Waals surface area (Å²) in [6.45, 7) is 0.865. The summed E-state index contributed by atoms with van der Waals surface area (Å²) < 4.78 is 0. The second-order valence-electron chi connectivity index (χ2n) is 5.52. The van der Waals surface area contributed by atoms with Crippen LogP contribution in [-0.4, -0.2) is 71.7 Å². The number of hydrogen-bond donors (Lipinski definition) is 0. The first-order valence-corrected chi connectivity index (χ1v) is 7.23. The minimum absolute atomic E-state index is 0.0207. The maximum atomic E-state index is 12.4. The van der Waals surface area contributed by atoms with Crippen LogP contribution in [0.25, 0.3) is 0 Å². The van der Waals surface area contributed by atoms with E-state index >= 15 is 0 Å². The van der Waals surface area contributed by atoms with E-state index in [2.05, 4.69) is 0 Å².